The average Bonchev–Trinajstić information content (AvgIpc) is 2.92. The van der Waals surface area contributed by atoms with Crippen LogP contribution in [0.25, 0.3) is 0 Å². The van der Waals surface area contributed by atoms with Crippen molar-refractivity contribution in [2.45, 2.75) is 13.5 Å². The standard InChI is InChI=1S/C14H16N4O2/c1-11(19)17-13-5-3-12(4-6-13)14(20)15-8-10-18-9-2-7-16-18/h2-7,9H,8,10H2,1H3,(H,15,20)(H,17,19). The molecule has 2 rings (SSSR count). The van der Waals surface area contributed by atoms with Crippen molar-refractivity contribution in [1.29, 1.82) is 0 Å². The van der Waals surface area contributed by atoms with Gasteiger partial charge in [-0.05, 0) is 30.3 Å². The summed E-state index contributed by atoms with van der Waals surface area (Å²) in [5, 5.41) is 9.51. The number of rotatable bonds is 5. The topological polar surface area (TPSA) is 76.0 Å². The van der Waals surface area contributed by atoms with Crippen LogP contribution in [0.5, 0.6) is 0 Å². The third kappa shape index (κ3) is 3.94. The van der Waals surface area contributed by atoms with Crippen molar-refractivity contribution in [3.05, 3.63) is 48.3 Å². The Labute approximate surface area is 116 Å². The lowest BCUT2D eigenvalue weighted by Crippen LogP contribution is -2.27. The fraction of sp³-hybridized carbons (Fsp3) is 0.214. The van der Waals surface area contributed by atoms with E-state index in [9.17, 15) is 9.59 Å². The molecule has 2 aromatic rings. The van der Waals surface area contributed by atoms with Gasteiger partial charge in [-0.1, -0.05) is 0 Å². The summed E-state index contributed by atoms with van der Waals surface area (Å²) in [4.78, 5) is 22.8. The highest BCUT2D eigenvalue weighted by atomic mass is 16.2. The third-order valence-electron chi connectivity index (χ3n) is 2.65. The first-order valence-electron chi connectivity index (χ1n) is 6.28. The summed E-state index contributed by atoms with van der Waals surface area (Å²) in [5.74, 6) is -0.284. The van der Waals surface area contributed by atoms with Crippen molar-refractivity contribution in [3.8, 4) is 0 Å². The van der Waals surface area contributed by atoms with Gasteiger partial charge in [0.1, 0.15) is 0 Å². The molecule has 6 nitrogen and oxygen atoms in total. The molecule has 1 heterocycles. The van der Waals surface area contributed by atoms with Crippen LogP contribution < -0.4 is 10.6 Å². The van der Waals surface area contributed by atoms with Crippen LogP contribution in [0.2, 0.25) is 0 Å². The number of nitrogens with one attached hydrogen (secondary N) is 2. The second-order valence-corrected chi connectivity index (χ2v) is 4.28. The zero-order valence-electron chi connectivity index (χ0n) is 11.2. The molecule has 0 spiro atoms. The molecule has 104 valence electrons. The number of hydrogen-bond acceptors (Lipinski definition) is 3. The Bertz CT molecular complexity index is 576. The molecule has 1 aromatic heterocycles. The Kier molecular flexibility index (Phi) is 4.49. The molecule has 20 heavy (non-hydrogen) atoms. The Morgan fingerprint density at radius 2 is 2.00 bits per heavy atom. The number of anilines is 1. The fourth-order valence-electron chi connectivity index (χ4n) is 1.73. The van der Waals surface area contributed by atoms with E-state index in [2.05, 4.69) is 15.7 Å². The van der Waals surface area contributed by atoms with Crippen LogP contribution in [-0.4, -0.2) is 28.1 Å². The molecule has 2 N–H and O–H groups in total. The summed E-state index contributed by atoms with van der Waals surface area (Å²) in [7, 11) is 0. The molecule has 6 heteroatoms. The lowest BCUT2D eigenvalue weighted by Gasteiger charge is -2.06. The largest absolute Gasteiger partial charge is 0.350 e. The number of carbonyl (C=O) groups excluding carboxylic acids is 2. The minimum atomic E-state index is -0.147. The Morgan fingerprint density at radius 1 is 1.25 bits per heavy atom. The van der Waals surface area contributed by atoms with E-state index in [-0.39, 0.29) is 11.8 Å². The summed E-state index contributed by atoms with van der Waals surface area (Å²) in [5.41, 5.74) is 1.23. The van der Waals surface area contributed by atoms with Crippen molar-refractivity contribution in [2.24, 2.45) is 0 Å². The second-order valence-electron chi connectivity index (χ2n) is 4.28. The van der Waals surface area contributed by atoms with Crippen molar-refractivity contribution in [3.63, 3.8) is 0 Å². The number of hydrogen-bond donors (Lipinski definition) is 2. The summed E-state index contributed by atoms with van der Waals surface area (Å²) in [6.45, 7) is 2.58. The fourth-order valence-corrected chi connectivity index (χ4v) is 1.73. The highest BCUT2D eigenvalue weighted by Crippen LogP contribution is 2.09. The predicted molar refractivity (Wildman–Crippen MR) is 75.3 cm³/mol. The normalized spacial score (nSPS) is 10.1. The van der Waals surface area contributed by atoms with Gasteiger partial charge in [-0.2, -0.15) is 5.10 Å². The maximum Gasteiger partial charge on any atom is 0.251 e. The first-order chi connectivity index (χ1) is 9.65. The summed E-state index contributed by atoms with van der Waals surface area (Å²) < 4.78 is 1.75. The lowest BCUT2D eigenvalue weighted by atomic mass is 10.2. The molecule has 2 amide bonds. The van der Waals surface area contributed by atoms with Crippen LogP contribution in [0.15, 0.2) is 42.7 Å². The van der Waals surface area contributed by atoms with Gasteiger partial charge in [-0.15, -0.1) is 0 Å². The lowest BCUT2D eigenvalue weighted by molar-refractivity contribution is -0.114. The first-order valence-corrected chi connectivity index (χ1v) is 6.28. The molecule has 0 radical (unpaired) electrons. The van der Waals surface area contributed by atoms with Gasteiger partial charge >= 0.3 is 0 Å². The van der Waals surface area contributed by atoms with E-state index < -0.39 is 0 Å². The zero-order valence-corrected chi connectivity index (χ0v) is 11.2. The van der Waals surface area contributed by atoms with E-state index >= 15 is 0 Å². The SMILES string of the molecule is CC(=O)Nc1ccc(C(=O)NCCn2cccn2)cc1. The van der Waals surface area contributed by atoms with E-state index in [4.69, 9.17) is 0 Å². The van der Waals surface area contributed by atoms with Gasteiger partial charge in [0, 0.05) is 37.1 Å². The monoisotopic (exact) mass is 272 g/mol. The zero-order chi connectivity index (χ0) is 14.4. The Morgan fingerprint density at radius 3 is 2.60 bits per heavy atom. The molecule has 0 saturated carbocycles. The maximum atomic E-state index is 11.9. The second kappa shape index (κ2) is 6.51. The summed E-state index contributed by atoms with van der Waals surface area (Å²) in [6, 6.07) is 8.58. The van der Waals surface area contributed by atoms with Gasteiger partial charge in [0.05, 0.1) is 6.54 Å². The third-order valence-corrected chi connectivity index (χ3v) is 2.65. The molecule has 0 fully saturated rings. The number of aromatic nitrogens is 2. The molecule has 0 aliphatic rings. The van der Waals surface area contributed by atoms with Crippen LogP contribution >= 0.6 is 0 Å². The van der Waals surface area contributed by atoms with Gasteiger partial charge in [-0.25, -0.2) is 0 Å². The van der Waals surface area contributed by atoms with E-state index in [0.717, 1.165) is 0 Å². The number of nitrogens with zero attached hydrogens (tertiary/aromatic N) is 2. The van der Waals surface area contributed by atoms with Crippen molar-refractivity contribution in [1.82, 2.24) is 15.1 Å². The van der Waals surface area contributed by atoms with Gasteiger partial charge in [-0.3, -0.25) is 14.3 Å². The van der Waals surface area contributed by atoms with Crippen LogP contribution in [-0.2, 0) is 11.3 Å². The molecule has 0 bridgehead atoms. The smallest absolute Gasteiger partial charge is 0.251 e. The van der Waals surface area contributed by atoms with E-state index in [1.54, 1.807) is 35.1 Å². The molecule has 0 atom stereocenters. The highest BCUT2D eigenvalue weighted by Gasteiger charge is 2.05. The molecule has 0 aliphatic heterocycles. The minimum Gasteiger partial charge on any atom is -0.350 e. The highest BCUT2D eigenvalue weighted by molar-refractivity contribution is 5.95. The molecule has 0 aliphatic carbocycles. The van der Waals surface area contributed by atoms with Crippen LogP contribution in [0.4, 0.5) is 5.69 Å². The van der Waals surface area contributed by atoms with Crippen LogP contribution in [0.3, 0.4) is 0 Å². The van der Waals surface area contributed by atoms with Gasteiger partial charge < -0.3 is 10.6 Å². The maximum absolute atomic E-state index is 11.9. The van der Waals surface area contributed by atoms with Crippen LogP contribution in [0, 0.1) is 0 Å². The molecule has 0 unspecified atom stereocenters. The minimum absolute atomic E-state index is 0.138. The Balaban J connectivity index is 1.84. The van der Waals surface area contributed by atoms with Crippen LogP contribution in [0.1, 0.15) is 17.3 Å². The number of carbonyl (C=O) groups is 2. The van der Waals surface area contributed by atoms with Gasteiger partial charge in [0.15, 0.2) is 0 Å². The van der Waals surface area contributed by atoms with Crippen molar-refractivity contribution < 1.29 is 9.59 Å². The molecular formula is C14H16N4O2. The van der Waals surface area contributed by atoms with Gasteiger partial charge in [0.2, 0.25) is 5.91 Å². The molecule has 0 saturated heterocycles. The van der Waals surface area contributed by atoms with Crippen molar-refractivity contribution in [2.75, 3.05) is 11.9 Å². The number of amides is 2. The molecule has 1 aromatic carbocycles. The van der Waals surface area contributed by atoms with Crippen molar-refractivity contribution >= 4 is 17.5 Å². The van der Waals surface area contributed by atoms with E-state index in [1.807, 2.05) is 12.3 Å². The molecular weight excluding hydrogens is 256 g/mol. The average molecular weight is 272 g/mol. The van der Waals surface area contributed by atoms with Gasteiger partial charge in [0.25, 0.3) is 5.91 Å². The summed E-state index contributed by atoms with van der Waals surface area (Å²) in [6.07, 6.45) is 3.54. The quantitative estimate of drug-likeness (QED) is 0.860. The number of benzene rings is 1. The Hall–Kier alpha value is -2.63. The van der Waals surface area contributed by atoms with E-state index in [1.165, 1.54) is 6.92 Å². The summed E-state index contributed by atoms with van der Waals surface area (Å²) >= 11 is 0. The first kappa shape index (κ1) is 13.8. The van der Waals surface area contributed by atoms with E-state index in [0.29, 0.717) is 24.3 Å². The predicted octanol–water partition coefficient (Wildman–Crippen LogP) is 1.27.